The molecule has 0 aliphatic carbocycles. The summed E-state index contributed by atoms with van der Waals surface area (Å²) in [5, 5.41) is 4.63. The fourth-order valence-electron chi connectivity index (χ4n) is 1.48. The van der Waals surface area contributed by atoms with E-state index in [0.29, 0.717) is 16.2 Å². The first-order chi connectivity index (χ1) is 8.49. The van der Waals surface area contributed by atoms with Gasteiger partial charge in [-0.1, -0.05) is 11.6 Å². The standard InChI is InChI=1S/C11H12ClIN4O/c1-7(2)17-4-3-8(15-17)5-16-6-14-10(12)9(13)11(16)18/h3-4,6-7H,5H2,1-2H3. The van der Waals surface area contributed by atoms with Crippen LogP contribution in [0.5, 0.6) is 0 Å². The van der Waals surface area contributed by atoms with Crippen molar-refractivity contribution in [3.05, 3.63) is 43.4 Å². The Bertz CT molecular complexity index is 620. The Kier molecular flexibility index (Phi) is 4.06. The van der Waals surface area contributed by atoms with E-state index in [1.807, 2.05) is 39.5 Å². The van der Waals surface area contributed by atoms with Crippen LogP contribution in [0.15, 0.2) is 23.4 Å². The smallest absolute Gasteiger partial charge is 0.268 e. The minimum absolute atomic E-state index is 0.144. The highest BCUT2D eigenvalue weighted by molar-refractivity contribution is 14.1. The van der Waals surface area contributed by atoms with E-state index in [0.717, 1.165) is 5.69 Å². The normalized spacial score (nSPS) is 11.2. The van der Waals surface area contributed by atoms with Gasteiger partial charge in [0.15, 0.2) is 0 Å². The molecule has 0 atom stereocenters. The van der Waals surface area contributed by atoms with E-state index in [4.69, 9.17) is 11.6 Å². The molecule has 2 aromatic rings. The molecule has 18 heavy (non-hydrogen) atoms. The molecule has 0 spiro atoms. The summed E-state index contributed by atoms with van der Waals surface area (Å²) in [6, 6.07) is 2.20. The zero-order valence-electron chi connectivity index (χ0n) is 9.97. The average molecular weight is 379 g/mol. The first-order valence-corrected chi connectivity index (χ1v) is 6.89. The molecule has 0 saturated heterocycles. The van der Waals surface area contributed by atoms with Gasteiger partial charge < -0.3 is 0 Å². The lowest BCUT2D eigenvalue weighted by atomic mass is 10.4. The molecule has 0 amide bonds. The fraction of sp³-hybridized carbons (Fsp3) is 0.364. The third kappa shape index (κ3) is 2.74. The van der Waals surface area contributed by atoms with Crippen LogP contribution in [-0.4, -0.2) is 19.3 Å². The quantitative estimate of drug-likeness (QED) is 0.608. The van der Waals surface area contributed by atoms with Gasteiger partial charge in [0.05, 0.1) is 18.6 Å². The lowest BCUT2D eigenvalue weighted by molar-refractivity contribution is 0.522. The Morgan fingerprint density at radius 3 is 2.83 bits per heavy atom. The van der Waals surface area contributed by atoms with E-state index >= 15 is 0 Å². The fourth-order valence-corrected chi connectivity index (χ4v) is 2.05. The van der Waals surface area contributed by atoms with Crippen molar-refractivity contribution >= 4 is 34.2 Å². The summed E-state index contributed by atoms with van der Waals surface area (Å²) < 4.78 is 3.79. The van der Waals surface area contributed by atoms with E-state index in [1.54, 1.807) is 0 Å². The van der Waals surface area contributed by atoms with Gasteiger partial charge in [0.1, 0.15) is 8.72 Å². The lowest BCUT2D eigenvalue weighted by Gasteiger charge is -2.05. The first-order valence-electron chi connectivity index (χ1n) is 5.43. The molecule has 7 heteroatoms. The van der Waals surface area contributed by atoms with Crippen LogP contribution in [0.4, 0.5) is 0 Å². The second-order valence-corrected chi connectivity index (χ2v) is 5.60. The van der Waals surface area contributed by atoms with Crippen LogP contribution in [0.3, 0.4) is 0 Å². The first kappa shape index (κ1) is 13.5. The molecule has 0 radical (unpaired) electrons. The van der Waals surface area contributed by atoms with E-state index in [2.05, 4.69) is 23.9 Å². The molecule has 0 N–H and O–H groups in total. The third-order valence-corrected chi connectivity index (χ3v) is 4.04. The van der Waals surface area contributed by atoms with Crippen LogP contribution in [0.2, 0.25) is 5.15 Å². The van der Waals surface area contributed by atoms with Crippen molar-refractivity contribution in [3.8, 4) is 0 Å². The average Bonchev–Trinajstić information content (AvgIpc) is 2.79. The Labute approximate surface area is 123 Å². The van der Waals surface area contributed by atoms with Crippen molar-refractivity contribution in [1.82, 2.24) is 19.3 Å². The number of nitrogens with zero attached hydrogens (tertiary/aromatic N) is 4. The van der Waals surface area contributed by atoms with Crippen molar-refractivity contribution in [3.63, 3.8) is 0 Å². The van der Waals surface area contributed by atoms with Crippen molar-refractivity contribution in [2.24, 2.45) is 0 Å². The molecule has 0 aromatic carbocycles. The number of aromatic nitrogens is 4. The molecule has 2 aromatic heterocycles. The van der Waals surface area contributed by atoms with Crippen LogP contribution in [0.25, 0.3) is 0 Å². The molecule has 0 aliphatic heterocycles. The lowest BCUT2D eigenvalue weighted by Crippen LogP contribution is -2.24. The van der Waals surface area contributed by atoms with E-state index in [-0.39, 0.29) is 10.7 Å². The molecule has 96 valence electrons. The van der Waals surface area contributed by atoms with Gasteiger partial charge in [-0.15, -0.1) is 0 Å². The van der Waals surface area contributed by atoms with Crippen molar-refractivity contribution in [2.75, 3.05) is 0 Å². The maximum absolute atomic E-state index is 11.9. The summed E-state index contributed by atoms with van der Waals surface area (Å²) in [5.41, 5.74) is 0.681. The second-order valence-electron chi connectivity index (χ2n) is 4.16. The maximum atomic E-state index is 11.9. The van der Waals surface area contributed by atoms with E-state index < -0.39 is 0 Å². The van der Waals surface area contributed by atoms with Crippen molar-refractivity contribution in [1.29, 1.82) is 0 Å². The summed E-state index contributed by atoms with van der Waals surface area (Å²) >= 11 is 7.68. The largest absolute Gasteiger partial charge is 0.292 e. The summed E-state index contributed by atoms with van der Waals surface area (Å²) in [4.78, 5) is 15.9. The Morgan fingerprint density at radius 2 is 2.22 bits per heavy atom. The van der Waals surface area contributed by atoms with Crippen LogP contribution in [0, 0.1) is 3.57 Å². The van der Waals surface area contributed by atoms with Gasteiger partial charge in [-0.3, -0.25) is 14.0 Å². The SMILES string of the molecule is CC(C)n1ccc(Cn2cnc(Cl)c(I)c2=O)n1. The highest BCUT2D eigenvalue weighted by Gasteiger charge is 2.09. The topological polar surface area (TPSA) is 52.7 Å². The molecule has 5 nitrogen and oxygen atoms in total. The highest BCUT2D eigenvalue weighted by atomic mass is 127. The molecule has 0 unspecified atom stereocenters. The maximum Gasteiger partial charge on any atom is 0.268 e. The molecule has 2 heterocycles. The molecule has 0 aliphatic rings. The molecular weight excluding hydrogens is 367 g/mol. The van der Waals surface area contributed by atoms with Crippen LogP contribution >= 0.6 is 34.2 Å². The van der Waals surface area contributed by atoms with E-state index in [1.165, 1.54) is 10.9 Å². The molecule has 0 fully saturated rings. The number of hydrogen-bond acceptors (Lipinski definition) is 3. The van der Waals surface area contributed by atoms with Crippen LogP contribution in [0.1, 0.15) is 25.6 Å². The minimum atomic E-state index is -0.144. The van der Waals surface area contributed by atoms with E-state index in [9.17, 15) is 4.79 Å². The van der Waals surface area contributed by atoms with Crippen molar-refractivity contribution in [2.45, 2.75) is 26.4 Å². The Morgan fingerprint density at radius 1 is 1.50 bits per heavy atom. The third-order valence-electron chi connectivity index (χ3n) is 2.47. The summed E-state index contributed by atoms with van der Waals surface area (Å²) in [6.45, 7) is 4.50. The highest BCUT2D eigenvalue weighted by Crippen LogP contribution is 2.10. The number of rotatable bonds is 3. The molecular formula is C11H12ClIN4O. The second kappa shape index (κ2) is 5.40. The molecule has 0 bridgehead atoms. The van der Waals surface area contributed by atoms with Gasteiger partial charge in [-0.25, -0.2) is 4.98 Å². The zero-order chi connectivity index (χ0) is 13.3. The van der Waals surface area contributed by atoms with Gasteiger partial charge in [-0.2, -0.15) is 5.10 Å². The van der Waals surface area contributed by atoms with Crippen LogP contribution in [-0.2, 0) is 6.54 Å². The minimum Gasteiger partial charge on any atom is -0.292 e. The monoisotopic (exact) mass is 378 g/mol. The molecule has 0 saturated carbocycles. The van der Waals surface area contributed by atoms with Gasteiger partial charge in [0.25, 0.3) is 5.56 Å². The number of hydrogen-bond donors (Lipinski definition) is 0. The zero-order valence-corrected chi connectivity index (χ0v) is 12.9. The summed E-state index contributed by atoms with van der Waals surface area (Å²) in [7, 11) is 0. The van der Waals surface area contributed by atoms with Crippen LogP contribution < -0.4 is 5.56 Å². The van der Waals surface area contributed by atoms with Gasteiger partial charge in [0, 0.05) is 12.2 Å². The predicted molar refractivity (Wildman–Crippen MR) is 77.9 cm³/mol. The Balaban J connectivity index is 2.29. The molecule has 2 rings (SSSR count). The van der Waals surface area contributed by atoms with Gasteiger partial charge in [-0.05, 0) is 42.5 Å². The Hall–Kier alpha value is -0.890. The summed E-state index contributed by atoms with van der Waals surface area (Å²) in [6.07, 6.45) is 3.35. The number of halogens is 2. The summed E-state index contributed by atoms with van der Waals surface area (Å²) in [5.74, 6) is 0. The van der Waals surface area contributed by atoms with Gasteiger partial charge in [0.2, 0.25) is 0 Å². The van der Waals surface area contributed by atoms with Crippen molar-refractivity contribution < 1.29 is 0 Å². The predicted octanol–water partition coefficient (Wildman–Crippen LogP) is 2.33. The van der Waals surface area contributed by atoms with Gasteiger partial charge >= 0.3 is 0 Å².